The maximum absolute atomic E-state index is 13.7. The van der Waals surface area contributed by atoms with Crippen molar-refractivity contribution in [1.82, 2.24) is 9.97 Å². The average Bonchev–Trinajstić information content (AvgIpc) is 2.56. The number of hydrogen-bond donors (Lipinski definition) is 2. The molecule has 0 saturated heterocycles. The van der Waals surface area contributed by atoms with Crippen molar-refractivity contribution >= 4 is 39.9 Å². The molecule has 0 atom stereocenters. The number of halogens is 2. The summed E-state index contributed by atoms with van der Waals surface area (Å²) in [5.41, 5.74) is 1.75. The molecule has 1 amide bonds. The van der Waals surface area contributed by atoms with Crippen LogP contribution in [0.15, 0.2) is 42.7 Å². The number of para-hydroxylation sites is 1. The smallest absolute Gasteiger partial charge is 0.243 e. The van der Waals surface area contributed by atoms with Gasteiger partial charge in [0.25, 0.3) is 0 Å². The number of benzene rings is 2. The van der Waals surface area contributed by atoms with Crippen molar-refractivity contribution in [2.24, 2.45) is 0 Å². The molecule has 0 spiro atoms. The van der Waals surface area contributed by atoms with Crippen molar-refractivity contribution in [3.63, 3.8) is 0 Å². The fourth-order valence-corrected chi connectivity index (χ4v) is 2.55. The molecule has 0 aliphatic carbocycles. The van der Waals surface area contributed by atoms with Crippen LogP contribution in [-0.2, 0) is 4.79 Å². The molecule has 0 fully saturated rings. The fraction of sp³-hybridized carbons (Fsp3) is 0.118. The summed E-state index contributed by atoms with van der Waals surface area (Å²) in [5, 5.41) is 6.59. The summed E-state index contributed by atoms with van der Waals surface area (Å²) in [7, 11) is 0. The second-order valence-electron chi connectivity index (χ2n) is 5.24. The lowest BCUT2D eigenvalue weighted by molar-refractivity contribution is -0.114. The summed E-state index contributed by atoms with van der Waals surface area (Å²) in [4.78, 5) is 20.0. The summed E-state index contributed by atoms with van der Waals surface area (Å²) < 4.78 is 13.7. The molecular formula is C17H14ClFN4O. The minimum atomic E-state index is -0.436. The summed E-state index contributed by atoms with van der Waals surface area (Å²) >= 11 is 6.09. The summed E-state index contributed by atoms with van der Waals surface area (Å²) in [6.07, 6.45) is 1.25. The molecule has 2 aromatic carbocycles. The summed E-state index contributed by atoms with van der Waals surface area (Å²) in [5.74, 6) is -0.331. The van der Waals surface area contributed by atoms with E-state index in [1.807, 2.05) is 13.0 Å². The maximum Gasteiger partial charge on any atom is 0.243 e. The highest BCUT2D eigenvalue weighted by Gasteiger charge is 2.10. The molecule has 0 radical (unpaired) electrons. The lowest BCUT2D eigenvalue weighted by Gasteiger charge is -2.10. The van der Waals surface area contributed by atoms with E-state index < -0.39 is 5.82 Å². The maximum atomic E-state index is 13.7. The van der Waals surface area contributed by atoms with Gasteiger partial charge in [-0.3, -0.25) is 4.79 Å². The zero-order valence-corrected chi connectivity index (χ0v) is 13.6. The van der Waals surface area contributed by atoms with Crippen LogP contribution in [0.2, 0.25) is 5.02 Å². The number of aryl methyl sites for hydroxylation is 1. The van der Waals surface area contributed by atoms with Gasteiger partial charge in [0.1, 0.15) is 23.5 Å². The third kappa shape index (κ3) is 3.44. The van der Waals surface area contributed by atoms with Crippen molar-refractivity contribution in [1.29, 1.82) is 0 Å². The second-order valence-corrected chi connectivity index (χ2v) is 5.65. The number of carbonyl (C=O) groups excluding carboxylic acids is 1. The van der Waals surface area contributed by atoms with Crippen LogP contribution < -0.4 is 10.6 Å². The number of nitrogens with one attached hydrogen (secondary N) is 2. The normalized spacial score (nSPS) is 10.6. The van der Waals surface area contributed by atoms with Gasteiger partial charge in [-0.15, -0.1) is 0 Å². The van der Waals surface area contributed by atoms with Crippen LogP contribution in [0.25, 0.3) is 10.9 Å². The van der Waals surface area contributed by atoms with Crippen LogP contribution in [0.5, 0.6) is 0 Å². The van der Waals surface area contributed by atoms with Gasteiger partial charge in [0.2, 0.25) is 5.91 Å². The van der Waals surface area contributed by atoms with Gasteiger partial charge in [0.15, 0.2) is 0 Å². The number of nitrogens with zero attached hydrogens (tertiary/aromatic N) is 2. The standard InChI is InChI=1S/C17H14ClFN4O/c1-10-5-6-14(12(18)7-10)23-15(24)8-20-17-11-3-2-4-13(19)16(11)21-9-22-17/h2-7,9H,8H2,1H3,(H,23,24)(H,20,21,22). The van der Waals surface area contributed by atoms with E-state index in [2.05, 4.69) is 20.6 Å². The Morgan fingerprint density at radius 3 is 2.88 bits per heavy atom. The molecule has 1 heterocycles. The Morgan fingerprint density at radius 2 is 2.08 bits per heavy atom. The van der Waals surface area contributed by atoms with Crippen molar-refractivity contribution in [3.8, 4) is 0 Å². The number of anilines is 2. The minimum Gasteiger partial charge on any atom is -0.360 e. The van der Waals surface area contributed by atoms with E-state index in [0.717, 1.165) is 5.56 Å². The number of hydrogen-bond acceptors (Lipinski definition) is 4. The van der Waals surface area contributed by atoms with E-state index in [9.17, 15) is 9.18 Å². The third-order valence-electron chi connectivity index (χ3n) is 3.43. The minimum absolute atomic E-state index is 0.0349. The Bertz CT molecular complexity index is 916. The van der Waals surface area contributed by atoms with Crippen LogP contribution in [-0.4, -0.2) is 22.4 Å². The molecule has 1 aromatic heterocycles. The molecule has 0 aliphatic rings. The highest BCUT2D eigenvalue weighted by Crippen LogP contribution is 2.23. The van der Waals surface area contributed by atoms with E-state index in [1.54, 1.807) is 24.3 Å². The number of carbonyl (C=O) groups is 1. The van der Waals surface area contributed by atoms with Crippen LogP contribution in [0.1, 0.15) is 5.56 Å². The predicted octanol–water partition coefficient (Wildman–Crippen LogP) is 3.78. The van der Waals surface area contributed by atoms with Gasteiger partial charge in [-0.1, -0.05) is 23.7 Å². The van der Waals surface area contributed by atoms with Gasteiger partial charge in [0.05, 0.1) is 17.3 Å². The summed E-state index contributed by atoms with van der Waals surface area (Å²) in [6.45, 7) is 1.88. The first-order valence-electron chi connectivity index (χ1n) is 7.23. The van der Waals surface area contributed by atoms with E-state index in [0.29, 0.717) is 21.9 Å². The highest BCUT2D eigenvalue weighted by molar-refractivity contribution is 6.33. The first kappa shape index (κ1) is 16.1. The molecule has 122 valence electrons. The SMILES string of the molecule is Cc1ccc(NC(=O)CNc2ncnc3c(F)cccc23)c(Cl)c1. The first-order chi connectivity index (χ1) is 11.5. The largest absolute Gasteiger partial charge is 0.360 e. The first-order valence-corrected chi connectivity index (χ1v) is 7.61. The van der Waals surface area contributed by atoms with Gasteiger partial charge < -0.3 is 10.6 Å². The number of aromatic nitrogens is 2. The number of rotatable bonds is 4. The molecule has 24 heavy (non-hydrogen) atoms. The zero-order chi connectivity index (χ0) is 17.1. The van der Waals surface area contributed by atoms with Crippen LogP contribution >= 0.6 is 11.6 Å². The molecule has 3 rings (SSSR count). The Balaban J connectivity index is 1.72. The van der Waals surface area contributed by atoms with E-state index in [-0.39, 0.29) is 18.0 Å². The molecule has 5 nitrogen and oxygen atoms in total. The molecule has 0 bridgehead atoms. The topological polar surface area (TPSA) is 66.9 Å². The fourth-order valence-electron chi connectivity index (χ4n) is 2.27. The third-order valence-corrected chi connectivity index (χ3v) is 3.74. The molecule has 0 aliphatic heterocycles. The lowest BCUT2D eigenvalue weighted by atomic mass is 10.2. The van der Waals surface area contributed by atoms with Gasteiger partial charge >= 0.3 is 0 Å². The van der Waals surface area contributed by atoms with Crippen molar-refractivity contribution in [3.05, 3.63) is 59.1 Å². The molecule has 2 N–H and O–H groups in total. The predicted molar refractivity (Wildman–Crippen MR) is 92.8 cm³/mol. The van der Waals surface area contributed by atoms with Crippen molar-refractivity contribution in [2.75, 3.05) is 17.2 Å². The Kier molecular flexibility index (Phi) is 4.57. The van der Waals surface area contributed by atoms with Crippen molar-refractivity contribution in [2.45, 2.75) is 6.92 Å². The van der Waals surface area contributed by atoms with E-state index >= 15 is 0 Å². The highest BCUT2D eigenvalue weighted by atomic mass is 35.5. The Labute approximate surface area is 142 Å². The quantitative estimate of drug-likeness (QED) is 0.755. The Hall–Kier alpha value is -2.73. The monoisotopic (exact) mass is 344 g/mol. The summed E-state index contributed by atoms with van der Waals surface area (Å²) in [6, 6.07) is 9.95. The number of amides is 1. The van der Waals surface area contributed by atoms with Gasteiger partial charge in [0, 0.05) is 5.39 Å². The van der Waals surface area contributed by atoms with Gasteiger partial charge in [-0.2, -0.15) is 0 Å². The lowest BCUT2D eigenvalue weighted by Crippen LogP contribution is -2.22. The average molecular weight is 345 g/mol. The van der Waals surface area contributed by atoms with Crippen molar-refractivity contribution < 1.29 is 9.18 Å². The Morgan fingerprint density at radius 1 is 1.25 bits per heavy atom. The van der Waals surface area contributed by atoms with E-state index in [1.165, 1.54) is 12.4 Å². The molecular weight excluding hydrogens is 331 g/mol. The molecule has 0 saturated carbocycles. The molecule has 0 unspecified atom stereocenters. The second kappa shape index (κ2) is 6.80. The number of fused-ring (bicyclic) bond motifs is 1. The van der Waals surface area contributed by atoms with Crippen LogP contribution in [0.4, 0.5) is 15.9 Å². The van der Waals surface area contributed by atoms with Gasteiger partial charge in [-0.25, -0.2) is 14.4 Å². The van der Waals surface area contributed by atoms with Crippen LogP contribution in [0, 0.1) is 12.7 Å². The van der Waals surface area contributed by atoms with E-state index in [4.69, 9.17) is 11.6 Å². The molecule has 3 aromatic rings. The molecule has 7 heteroatoms. The zero-order valence-electron chi connectivity index (χ0n) is 12.8. The van der Waals surface area contributed by atoms with Crippen LogP contribution in [0.3, 0.4) is 0 Å². The van der Waals surface area contributed by atoms with Gasteiger partial charge in [-0.05, 0) is 36.8 Å².